The van der Waals surface area contributed by atoms with E-state index in [9.17, 15) is 13.2 Å². The Morgan fingerprint density at radius 3 is 2.70 bits per heavy atom. The number of likely N-dealkylation sites (N-methyl/N-ethyl adjacent to an activating group) is 1. The van der Waals surface area contributed by atoms with Gasteiger partial charge in [-0.3, -0.25) is 4.79 Å². The van der Waals surface area contributed by atoms with Crippen LogP contribution < -0.4 is 5.32 Å². The Balaban J connectivity index is 1.76. The Morgan fingerprint density at radius 2 is 1.96 bits per heavy atom. The molecule has 3 rings (SSSR count). The zero-order chi connectivity index (χ0) is 19.6. The normalized spacial score (nSPS) is 11.9. The van der Waals surface area contributed by atoms with E-state index < -0.39 is 10.0 Å². The number of anilines is 1. The van der Waals surface area contributed by atoms with E-state index in [4.69, 9.17) is 0 Å². The van der Waals surface area contributed by atoms with Crippen molar-refractivity contribution in [1.29, 1.82) is 0 Å². The van der Waals surface area contributed by atoms with Gasteiger partial charge in [-0.15, -0.1) is 11.3 Å². The van der Waals surface area contributed by atoms with Crippen molar-refractivity contribution in [3.63, 3.8) is 0 Å². The molecule has 1 N–H and O–H groups in total. The molecule has 0 unspecified atom stereocenters. The standard InChI is InChI=1S/C19H21N3O3S2/c1-4-14-7-5-6-8-16(14)21-19(23)12-22(3)27(24,25)15-9-10-17-18(11-15)26-13(2)20-17/h5-11H,4,12H2,1-3H3,(H,21,23). The van der Waals surface area contributed by atoms with Crippen molar-refractivity contribution >= 4 is 43.2 Å². The fraction of sp³-hybridized carbons (Fsp3) is 0.263. The first kappa shape index (κ1) is 19.5. The van der Waals surface area contributed by atoms with Gasteiger partial charge >= 0.3 is 0 Å². The summed E-state index contributed by atoms with van der Waals surface area (Å²) < 4.78 is 27.5. The first-order valence-electron chi connectivity index (χ1n) is 8.52. The summed E-state index contributed by atoms with van der Waals surface area (Å²) in [5.74, 6) is -0.378. The predicted molar refractivity (Wildman–Crippen MR) is 109 cm³/mol. The molecule has 27 heavy (non-hydrogen) atoms. The summed E-state index contributed by atoms with van der Waals surface area (Å²) in [5.41, 5.74) is 2.48. The van der Waals surface area contributed by atoms with Crippen molar-refractivity contribution in [1.82, 2.24) is 9.29 Å². The first-order chi connectivity index (χ1) is 12.8. The SMILES string of the molecule is CCc1ccccc1NC(=O)CN(C)S(=O)(=O)c1ccc2nc(C)sc2c1. The molecule has 0 aliphatic heterocycles. The minimum absolute atomic E-state index is 0.155. The van der Waals surface area contributed by atoms with Crippen molar-refractivity contribution in [3.8, 4) is 0 Å². The van der Waals surface area contributed by atoms with Crippen LogP contribution in [0.3, 0.4) is 0 Å². The zero-order valence-corrected chi connectivity index (χ0v) is 17.0. The lowest BCUT2D eigenvalue weighted by Gasteiger charge is -2.17. The quantitative estimate of drug-likeness (QED) is 0.684. The van der Waals surface area contributed by atoms with Crippen LogP contribution in [0.4, 0.5) is 5.69 Å². The van der Waals surface area contributed by atoms with Gasteiger partial charge in [0, 0.05) is 12.7 Å². The van der Waals surface area contributed by atoms with Crippen LogP contribution in [-0.4, -0.2) is 37.2 Å². The molecule has 1 aromatic heterocycles. The van der Waals surface area contributed by atoms with Crippen LogP contribution in [-0.2, 0) is 21.2 Å². The Hall–Kier alpha value is -2.29. The van der Waals surface area contributed by atoms with Gasteiger partial charge in [-0.1, -0.05) is 25.1 Å². The highest BCUT2D eigenvalue weighted by Gasteiger charge is 2.24. The molecule has 6 nitrogen and oxygen atoms in total. The number of rotatable bonds is 6. The number of carbonyl (C=O) groups is 1. The molecular formula is C19H21N3O3S2. The molecule has 0 spiro atoms. The van der Waals surface area contributed by atoms with Crippen LogP contribution in [0.1, 0.15) is 17.5 Å². The summed E-state index contributed by atoms with van der Waals surface area (Å²) in [6.07, 6.45) is 0.777. The molecule has 0 saturated carbocycles. The van der Waals surface area contributed by atoms with E-state index in [0.29, 0.717) is 5.69 Å². The number of sulfonamides is 1. The first-order valence-corrected chi connectivity index (χ1v) is 10.8. The summed E-state index contributed by atoms with van der Waals surface area (Å²) in [6, 6.07) is 12.3. The van der Waals surface area contributed by atoms with E-state index in [0.717, 1.165) is 31.5 Å². The number of aromatic nitrogens is 1. The fourth-order valence-electron chi connectivity index (χ4n) is 2.79. The minimum atomic E-state index is -3.77. The maximum absolute atomic E-state index is 12.8. The number of fused-ring (bicyclic) bond motifs is 1. The average Bonchev–Trinajstić information content (AvgIpc) is 3.01. The van der Waals surface area contributed by atoms with E-state index in [1.807, 2.05) is 38.1 Å². The number of nitrogens with zero attached hydrogens (tertiary/aromatic N) is 2. The monoisotopic (exact) mass is 403 g/mol. The summed E-state index contributed by atoms with van der Waals surface area (Å²) in [6.45, 7) is 3.61. The summed E-state index contributed by atoms with van der Waals surface area (Å²) in [4.78, 5) is 16.9. The van der Waals surface area contributed by atoms with Crippen molar-refractivity contribution < 1.29 is 13.2 Å². The van der Waals surface area contributed by atoms with E-state index in [-0.39, 0.29) is 17.3 Å². The predicted octanol–water partition coefficient (Wildman–Crippen LogP) is 3.43. The van der Waals surface area contributed by atoms with Gasteiger partial charge in [-0.05, 0) is 43.2 Å². The highest BCUT2D eigenvalue weighted by atomic mass is 32.2. The number of hydrogen-bond acceptors (Lipinski definition) is 5. The highest BCUT2D eigenvalue weighted by molar-refractivity contribution is 7.89. The molecule has 3 aromatic rings. The molecule has 0 bridgehead atoms. The van der Waals surface area contributed by atoms with E-state index in [1.165, 1.54) is 24.5 Å². The molecule has 1 amide bonds. The summed E-state index contributed by atoms with van der Waals surface area (Å²) >= 11 is 1.44. The second-order valence-corrected chi connectivity index (χ2v) is 9.46. The van der Waals surface area contributed by atoms with Gasteiger partial charge in [0.05, 0.1) is 26.7 Å². The molecule has 8 heteroatoms. The van der Waals surface area contributed by atoms with Crippen molar-refractivity contribution in [2.45, 2.75) is 25.2 Å². The molecule has 0 aliphatic carbocycles. The lowest BCUT2D eigenvalue weighted by Crippen LogP contribution is -2.35. The number of benzene rings is 2. The molecule has 0 fully saturated rings. The minimum Gasteiger partial charge on any atom is -0.325 e. The second kappa shape index (κ2) is 7.75. The van der Waals surface area contributed by atoms with E-state index >= 15 is 0 Å². The van der Waals surface area contributed by atoms with E-state index in [1.54, 1.807) is 12.1 Å². The van der Waals surface area contributed by atoms with Gasteiger partial charge in [-0.2, -0.15) is 4.31 Å². The van der Waals surface area contributed by atoms with Crippen molar-refractivity contribution in [2.24, 2.45) is 0 Å². The zero-order valence-electron chi connectivity index (χ0n) is 15.4. The maximum Gasteiger partial charge on any atom is 0.243 e. The largest absolute Gasteiger partial charge is 0.325 e. The number of thiazole rings is 1. The molecule has 0 aliphatic rings. The Kier molecular flexibility index (Phi) is 5.59. The maximum atomic E-state index is 12.8. The van der Waals surface area contributed by atoms with Gasteiger partial charge in [0.1, 0.15) is 0 Å². The number of aryl methyl sites for hydroxylation is 2. The Morgan fingerprint density at radius 1 is 1.22 bits per heavy atom. The average molecular weight is 404 g/mol. The smallest absolute Gasteiger partial charge is 0.243 e. The van der Waals surface area contributed by atoms with Crippen LogP contribution in [0.5, 0.6) is 0 Å². The number of amides is 1. The van der Waals surface area contributed by atoms with E-state index in [2.05, 4.69) is 10.3 Å². The molecule has 142 valence electrons. The fourth-order valence-corrected chi connectivity index (χ4v) is 4.88. The third kappa shape index (κ3) is 4.18. The third-order valence-electron chi connectivity index (χ3n) is 4.21. The molecule has 0 radical (unpaired) electrons. The number of para-hydroxylation sites is 1. The molecule has 2 aromatic carbocycles. The van der Waals surface area contributed by atoms with Crippen molar-refractivity contribution in [2.75, 3.05) is 18.9 Å². The van der Waals surface area contributed by atoms with Crippen LogP contribution in [0.2, 0.25) is 0 Å². The third-order valence-corrected chi connectivity index (χ3v) is 6.95. The number of hydrogen-bond donors (Lipinski definition) is 1. The lowest BCUT2D eigenvalue weighted by molar-refractivity contribution is -0.116. The van der Waals surface area contributed by atoms with Gasteiger partial charge in [-0.25, -0.2) is 13.4 Å². The van der Waals surface area contributed by atoms with Gasteiger partial charge in [0.15, 0.2) is 0 Å². The van der Waals surface area contributed by atoms with Crippen molar-refractivity contribution in [3.05, 3.63) is 53.0 Å². The molecule has 0 atom stereocenters. The number of nitrogens with one attached hydrogen (secondary N) is 1. The topological polar surface area (TPSA) is 79.4 Å². The van der Waals surface area contributed by atoms with Crippen LogP contribution in [0, 0.1) is 6.92 Å². The Bertz CT molecular complexity index is 1090. The summed E-state index contributed by atoms with van der Waals surface area (Å²) in [5, 5.41) is 3.67. The highest BCUT2D eigenvalue weighted by Crippen LogP contribution is 2.26. The van der Waals surface area contributed by atoms with Crippen LogP contribution >= 0.6 is 11.3 Å². The lowest BCUT2D eigenvalue weighted by atomic mass is 10.1. The molecular weight excluding hydrogens is 382 g/mol. The van der Waals surface area contributed by atoms with Gasteiger partial charge in [0.2, 0.25) is 15.9 Å². The molecule has 0 saturated heterocycles. The van der Waals surface area contributed by atoms with Gasteiger partial charge in [0.25, 0.3) is 0 Å². The Labute approximate surface area is 162 Å². The van der Waals surface area contributed by atoms with Crippen LogP contribution in [0.25, 0.3) is 10.2 Å². The molecule has 1 heterocycles. The number of carbonyl (C=O) groups excluding carboxylic acids is 1. The van der Waals surface area contributed by atoms with Crippen LogP contribution in [0.15, 0.2) is 47.4 Å². The second-order valence-electron chi connectivity index (χ2n) is 6.18. The van der Waals surface area contributed by atoms with Gasteiger partial charge < -0.3 is 5.32 Å². The summed E-state index contributed by atoms with van der Waals surface area (Å²) in [7, 11) is -2.37.